The molecule has 1 aromatic heterocycles. The van der Waals surface area contributed by atoms with E-state index in [0.717, 1.165) is 0 Å². The van der Waals surface area contributed by atoms with E-state index in [1.807, 2.05) is 0 Å². The number of ether oxygens (including phenoxy) is 2. The van der Waals surface area contributed by atoms with E-state index in [0.29, 0.717) is 27.8 Å². The quantitative estimate of drug-likeness (QED) is 0.436. The first kappa shape index (κ1) is 23.8. The Morgan fingerprint density at radius 3 is 2.32 bits per heavy atom. The zero-order valence-corrected chi connectivity index (χ0v) is 18.0. The second-order valence-corrected chi connectivity index (χ2v) is 6.61. The third kappa shape index (κ3) is 4.97. The van der Waals surface area contributed by atoms with Gasteiger partial charge in [0.2, 0.25) is 0 Å². The monoisotopic (exact) mass is 447 g/mol. The number of aryl methyl sites for hydroxylation is 1. The Hall–Kier alpha value is -3.52. The number of nitrogens with one attached hydrogen (secondary N) is 1. The number of halogens is 1. The number of hydrogen-bond acceptors (Lipinski definition) is 8. The predicted octanol–water partition coefficient (Wildman–Crippen LogP) is 3.34. The molecule has 0 saturated carbocycles. The molecule has 0 aliphatic heterocycles. The number of phenolic OH excluding ortho intramolecular Hbond substituents is 1. The van der Waals surface area contributed by atoms with Crippen LogP contribution in [0.4, 0.5) is 5.69 Å². The molecule has 0 atom stereocenters. The average molecular weight is 448 g/mol. The number of carbonyl (C=O) groups is 2. The highest BCUT2D eigenvalue weighted by atomic mass is 35.5. The Kier molecular flexibility index (Phi) is 7.66. The summed E-state index contributed by atoms with van der Waals surface area (Å²) < 4.78 is 14.8. The number of anilines is 1. The minimum atomic E-state index is -0.653. The molecule has 0 saturated heterocycles. The van der Waals surface area contributed by atoms with Crippen LogP contribution < -0.4 is 10.9 Å². The van der Waals surface area contributed by atoms with Gasteiger partial charge in [0.05, 0.1) is 37.3 Å². The van der Waals surface area contributed by atoms with Crippen LogP contribution in [0.3, 0.4) is 0 Å². The molecule has 8 nitrogen and oxygen atoms in total. The van der Waals surface area contributed by atoms with Gasteiger partial charge in [-0.1, -0.05) is 0 Å². The molecule has 2 aromatic carbocycles. The molecule has 3 aromatic rings. The van der Waals surface area contributed by atoms with Crippen molar-refractivity contribution in [1.29, 1.82) is 0 Å². The average Bonchev–Trinajstić information content (AvgIpc) is 2.75. The van der Waals surface area contributed by atoms with Crippen molar-refractivity contribution in [2.75, 3.05) is 19.5 Å². The molecule has 164 valence electrons. The fraction of sp³-hybridized carbons (Fsp3) is 0.227. The van der Waals surface area contributed by atoms with Crippen LogP contribution in [0, 0.1) is 6.92 Å². The largest absolute Gasteiger partial charge is 0.507 e. The lowest BCUT2D eigenvalue weighted by Gasteiger charge is -2.13. The van der Waals surface area contributed by atoms with Crippen molar-refractivity contribution in [2.24, 2.45) is 0 Å². The van der Waals surface area contributed by atoms with E-state index < -0.39 is 17.6 Å². The highest BCUT2D eigenvalue weighted by Gasteiger charge is 2.18. The highest BCUT2D eigenvalue weighted by Crippen LogP contribution is 2.30. The molecule has 0 radical (unpaired) electrons. The first-order chi connectivity index (χ1) is 14.3. The van der Waals surface area contributed by atoms with Crippen molar-refractivity contribution in [2.45, 2.75) is 19.9 Å². The Morgan fingerprint density at radius 1 is 1.03 bits per heavy atom. The standard InChI is InChI=1S/C22H21NO7.ClH/c1-12-15-8-9-18(24)17(20(15)30-22(27)16(12)10-19(25)28-2)11-23-14-6-4-13(5-7-14)21(26)29-3;/h4-9,23-24H,10-11H2,1-3H3;1H. The maximum absolute atomic E-state index is 12.5. The van der Waals surface area contributed by atoms with Crippen LogP contribution in [-0.2, 0) is 27.2 Å². The van der Waals surface area contributed by atoms with Gasteiger partial charge < -0.3 is 24.3 Å². The summed E-state index contributed by atoms with van der Waals surface area (Å²) in [5.74, 6) is -1.02. The molecule has 3 rings (SSSR count). The van der Waals surface area contributed by atoms with Gasteiger partial charge in [-0.05, 0) is 48.9 Å². The van der Waals surface area contributed by atoms with Gasteiger partial charge in [-0.25, -0.2) is 9.59 Å². The van der Waals surface area contributed by atoms with Gasteiger partial charge in [0, 0.05) is 17.6 Å². The lowest BCUT2D eigenvalue weighted by molar-refractivity contribution is -0.139. The topological polar surface area (TPSA) is 115 Å². The Morgan fingerprint density at radius 2 is 1.71 bits per heavy atom. The molecule has 0 fully saturated rings. The highest BCUT2D eigenvalue weighted by molar-refractivity contribution is 5.90. The fourth-order valence-electron chi connectivity index (χ4n) is 3.12. The molecule has 0 aliphatic rings. The van der Waals surface area contributed by atoms with Crippen molar-refractivity contribution in [3.8, 4) is 5.75 Å². The SMILES string of the molecule is COC(=O)Cc1c(C)c2ccc(O)c(CNc3ccc(C(=O)OC)cc3)c2oc1=O.Cl. The summed E-state index contributed by atoms with van der Waals surface area (Å²) in [7, 11) is 2.56. The first-order valence-electron chi connectivity index (χ1n) is 9.12. The molecular formula is C22H22ClNO7. The van der Waals surface area contributed by atoms with E-state index >= 15 is 0 Å². The molecular weight excluding hydrogens is 426 g/mol. The summed E-state index contributed by atoms with van der Waals surface area (Å²) in [5.41, 5.74) is 1.91. The van der Waals surface area contributed by atoms with E-state index in [1.165, 1.54) is 20.3 Å². The number of methoxy groups -OCH3 is 2. The van der Waals surface area contributed by atoms with Crippen LogP contribution >= 0.6 is 12.4 Å². The molecule has 2 N–H and O–H groups in total. The van der Waals surface area contributed by atoms with Gasteiger partial charge in [-0.2, -0.15) is 0 Å². The molecule has 0 bridgehead atoms. The second kappa shape index (κ2) is 9.99. The summed E-state index contributed by atoms with van der Waals surface area (Å²) in [4.78, 5) is 35.6. The lowest BCUT2D eigenvalue weighted by Crippen LogP contribution is -2.16. The molecule has 0 aliphatic carbocycles. The molecule has 0 spiro atoms. The number of carbonyl (C=O) groups excluding carboxylic acids is 2. The zero-order valence-electron chi connectivity index (χ0n) is 17.2. The minimum absolute atomic E-state index is 0. The number of esters is 2. The molecule has 0 unspecified atom stereocenters. The Bertz CT molecular complexity index is 1170. The number of benzene rings is 2. The van der Waals surface area contributed by atoms with E-state index in [2.05, 4.69) is 14.8 Å². The summed E-state index contributed by atoms with van der Waals surface area (Å²) >= 11 is 0. The van der Waals surface area contributed by atoms with Gasteiger partial charge in [0.25, 0.3) is 0 Å². The van der Waals surface area contributed by atoms with Gasteiger partial charge in [0.15, 0.2) is 0 Å². The van der Waals surface area contributed by atoms with Crippen molar-refractivity contribution < 1.29 is 28.6 Å². The summed E-state index contributed by atoms with van der Waals surface area (Å²) in [5, 5.41) is 14.1. The first-order valence-corrected chi connectivity index (χ1v) is 9.12. The summed E-state index contributed by atoms with van der Waals surface area (Å²) in [6.07, 6.45) is -0.193. The number of hydrogen-bond donors (Lipinski definition) is 2. The lowest BCUT2D eigenvalue weighted by atomic mass is 10.0. The number of phenols is 1. The van der Waals surface area contributed by atoms with E-state index in [9.17, 15) is 19.5 Å². The zero-order chi connectivity index (χ0) is 21.8. The van der Waals surface area contributed by atoms with Crippen LogP contribution in [0.1, 0.15) is 27.0 Å². The minimum Gasteiger partial charge on any atom is -0.507 e. The molecule has 1 heterocycles. The molecule has 31 heavy (non-hydrogen) atoms. The number of fused-ring (bicyclic) bond motifs is 1. The van der Waals surface area contributed by atoms with Crippen LogP contribution in [0.15, 0.2) is 45.6 Å². The van der Waals surface area contributed by atoms with Gasteiger partial charge >= 0.3 is 17.6 Å². The predicted molar refractivity (Wildman–Crippen MR) is 117 cm³/mol. The van der Waals surface area contributed by atoms with Crippen LogP contribution in [0.5, 0.6) is 5.75 Å². The Labute approximate surface area is 184 Å². The van der Waals surface area contributed by atoms with Crippen LogP contribution in [0.25, 0.3) is 11.0 Å². The summed E-state index contributed by atoms with van der Waals surface area (Å²) in [6.45, 7) is 1.89. The van der Waals surface area contributed by atoms with Crippen LogP contribution in [-0.4, -0.2) is 31.3 Å². The fourth-order valence-corrected chi connectivity index (χ4v) is 3.12. The van der Waals surface area contributed by atoms with Crippen molar-refractivity contribution in [3.63, 3.8) is 0 Å². The van der Waals surface area contributed by atoms with Crippen LogP contribution in [0.2, 0.25) is 0 Å². The number of rotatable bonds is 6. The maximum Gasteiger partial charge on any atom is 0.340 e. The number of aromatic hydroxyl groups is 1. The van der Waals surface area contributed by atoms with Crippen molar-refractivity contribution in [3.05, 3.63) is 69.1 Å². The Balaban J connectivity index is 0.00000341. The summed E-state index contributed by atoms with van der Waals surface area (Å²) in [6, 6.07) is 9.77. The normalized spacial score (nSPS) is 10.3. The van der Waals surface area contributed by atoms with E-state index in [4.69, 9.17) is 4.42 Å². The molecule has 9 heteroatoms. The third-order valence-corrected chi connectivity index (χ3v) is 4.86. The van der Waals surface area contributed by atoms with Crippen molar-refractivity contribution >= 4 is 41.0 Å². The van der Waals surface area contributed by atoms with E-state index in [1.54, 1.807) is 37.3 Å². The maximum atomic E-state index is 12.5. The van der Waals surface area contributed by atoms with Gasteiger partial charge in [-0.15, -0.1) is 12.4 Å². The molecule has 0 amide bonds. The van der Waals surface area contributed by atoms with E-state index in [-0.39, 0.29) is 42.3 Å². The van der Waals surface area contributed by atoms with Gasteiger partial charge in [0.1, 0.15) is 11.3 Å². The second-order valence-electron chi connectivity index (χ2n) is 6.61. The smallest absolute Gasteiger partial charge is 0.340 e. The third-order valence-electron chi connectivity index (χ3n) is 4.86. The van der Waals surface area contributed by atoms with Crippen molar-refractivity contribution in [1.82, 2.24) is 0 Å². The van der Waals surface area contributed by atoms with Gasteiger partial charge in [-0.3, -0.25) is 4.79 Å².